The maximum absolute atomic E-state index is 13.0. The Morgan fingerprint density at radius 3 is 2.15 bits per heavy atom. The van der Waals surface area contributed by atoms with Gasteiger partial charge < -0.3 is 14.3 Å². The standard InChI is InChI=1S/C27H29NO4Si/c1-19-15-16-22(31-19)25(29)23(33(2,3)4)17-18-28-24(20-11-7-5-8-12-20)26(32-27(28)30)21-13-9-6-10-14-21/h5-16,18,24-26,29H,1-4H3/t17?,24-,25-,26+/m0/s1. The van der Waals surface area contributed by atoms with Crippen LogP contribution in [-0.2, 0) is 4.74 Å². The molecule has 0 unspecified atom stereocenters. The smallest absolute Gasteiger partial charge is 0.415 e. The Hall–Kier alpha value is -3.31. The molecule has 3 atom stereocenters. The van der Waals surface area contributed by atoms with Crippen LogP contribution < -0.4 is 0 Å². The number of aliphatic hydroxyl groups excluding tert-OH is 1. The summed E-state index contributed by atoms with van der Waals surface area (Å²) in [7, 11) is -2.01. The summed E-state index contributed by atoms with van der Waals surface area (Å²) in [6.45, 7) is 8.24. The zero-order valence-corrected chi connectivity index (χ0v) is 20.4. The van der Waals surface area contributed by atoms with Gasteiger partial charge in [0.25, 0.3) is 0 Å². The first-order chi connectivity index (χ1) is 15.8. The van der Waals surface area contributed by atoms with Crippen molar-refractivity contribution in [1.29, 1.82) is 0 Å². The number of benzene rings is 2. The minimum absolute atomic E-state index is 0.348. The summed E-state index contributed by atoms with van der Waals surface area (Å²) in [5.41, 5.74) is 5.17. The molecule has 1 aliphatic heterocycles. The van der Waals surface area contributed by atoms with E-state index in [1.54, 1.807) is 17.2 Å². The molecule has 33 heavy (non-hydrogen) atoms. The maximum atomic E-state index is 13.0. The fraction of sp³-hybridized carbons (Fsp3) is 0.259. The summed E-state index contributed by atoms with van der Waals surface area (Å²) in [4.78, 5) is 14.6. The Bertz CT molecular complexity index is 1170. The van der Waals surface area contributed by atoms with Gasteiger partial charge in [0.15, 0.2) is 6.10 Å². The molecule has 0 saturated carbocycles. The number of furan rings is 1. The lowest BCUT2D eigenvalue weighted by molar-refractivity contribution is 0.131. The molecule has 0 radical (unpaired) electrons. The molecule has 2 heterocycles. The summed E-state index contributed by atoms with van der Waals surface area (Å²) in [5, 5.41) is 11.8. The molecule has 2 aromatic carbocycles. The molecule has 1 amide bonds. The van der Waals surface area contributed by atoms with E-state index >= 15 is 0 Å². The largest absolute Gasteiger partial charge is 0.463 e. The van der Waals surface area contributed by atoms with E-state index in [1.807, 2.05) is 73.7 Å². The van der Waals surface area contributed by atoms with Gasteiger partial charge in [-0.2, -0.15) is 0 Å². The molecule has 0 spiro atoms. The number of rotatable bonds is 6. The highest BCUT2D eigenvalue weighted by molar-refractivity contribution is 6.83. The van der Waals surface area contributed by atoms with E-state index in [-0.39, 0.29) is 6.04 Å². The molecule has 1 aliphatic rings. The highest BCUT2D eigenvalue weighted by Gasteiger charge is 2.42. The van der Waals surface area contributed by atoms with Crippen molar-refractivity contribution in [3.05, 3.63) is 113 Å². The van der Waals surface area contributed by atoms with Crippen molar-refractivity contribution >= 4 is 14.2 Å². The SMILES string of the molecule is Cc1ccc([C@H](O)C(=C=CN2C(=O)O[C@H](c3ccccc3)[C@@H]2c2ccccc2)[Si](C)(C)C)o1. The Labute approximate surface area is 195 Å². The van der Waals surface area contributed by atoms with E-state index in [4.69, 9.17) is 9.15 Å². The number of amides is 1. The zero-order chi connectivity index (χ0) is 23.6. The van der Waals surface area contributed by atoms with Crippen LogP contribution in [0.3, 0.4) is 0 Å². The van der Waals surface area contributed by atoms with E-state index in [2.05, 4.69) is 25.4 Å². The molecule has 0 bridgehead atoms. The van der Waals surface area contributed by atoms with E-state index in [0.717, 1.165) is 22.1 Å². The number of hydrogen-bond donors (Lipinski definition) is 1. The van der Waals surface area contributed by atoms with Crippen molar-refractivity contribution in [3.8, 4) is 0 Å². The number of carbonyl (C=O) groups is 1. The van der Waals surface area contributed by atoms with E-state index in [0.29, 0.717) is 5.76 Å². The van der Waals surface area contributed by atoms with E-state index in [1.165, 1.54) is 0 Å². The highest BCUT2D eigenvalue weighted by atomic mass is 28.3. The van der Waals surface area contributed by atoms with Crippen LogP contribution in [0.1, 0.15) is 40.9 Å². The molecular weight excluding hydrogens is 430 g/mol. The van der Waals surface area contributed by atoms with Crippen molar-refractivity contribution < 1.29 is 19.1 Å². The van der Waals surface area contributed by atoms with E-state index < -0.39 is 26.4 Å². The minimum Gasteiger partial charge on any atom is -0.463 e. The third kappa shape index (κ3) is 4.88. The average molecular weight is 460 g/mol. The van der Waals surface area contributed by atoms with Crippen LogP contribution in [0.15, 0.2) is 94.3 Å². The predicted octanol–water partition coefficient (Wildman–Crippen LogP) is 6.47. The lowest BCUT2D eigenvalue weighted by Crippen LogP contribution is -2.28. The van der Waals surface area contributed by atoms with Crippen molar-refractivity contribution in [2.24, 2.45) is 0 Å². The summed E-state index contributed by atoms with van der Waals surface area (Å²) in [5.74, 6) is 1.22. The predicted molar refractivity (Wildman–Crippen MR) is 130 cm³/mol. The van der Waals surface area contributed by atoms with Gasteiger partial charge in [0.1, 0.15) is 23.7 Å². The van der Waals surface area contributed by atoms with Gasteiger partial charge in [-0.3, -0.25) is 4.90 Å². The Balaban J connectivity index is 1.79. The molecule has 1 fully saturated rings. The Kier molecular flexibility index (Phi) is 6.43. The van der Waals surface area contributed by atoms with Gasteiger partial charge in [0.05, 0.1) is 14.3 Å². The second-order valence-corrected chi connectivity index (χ2v) is 14.3. The van der Waals surface area contributed by atoms with Crippen LogP contribution in [0, 0.1) is 6.92 Å². The van der Waals surface area contributed by atoms with Gasteiger partial charge in [-0.1, -0.05) is 80.3 Å². The molecule has 3 aromatic rings. The van der Waals surface area contributed by atoms with Gasteiger partial charge in [-0.05, 0) is 35.4 Å². The van der Waals surface area contributed by atoms with Gasteiger partial charge in [-0.15, -0.1) is 5.73 Å². The number of nitrogens with zero attached hydrogens (tertiary/aromatic N) is 1. The molecule has 6 heteroatoms. The van der Waals surface area contributed by atoms with Crippen molar-refractivity contribution in [2.45, 2.75) is 44.8 Å². The van der Waals surface area contributed by atoms with Gasteiger partial charge in [0, 0.05) is 0 Å². The van der Waals surface area contributed by atoms with Crippen LogP contribution >= 0.6 is 0 Å². The molecular formula is C27H29NO4Si. The molecule has 1 aromatic heterocycles. The van der Waals surface area contributed by atoms with Crippen LogP contribution in [0.2, 0.25) is 19.6 Å². The molecule has 1 N–H and O–H groups in total. The topological polar surface area (TPSA) is 62.9 Å². The molecule has 4 rings (SSSR count). The first kappa shape index (κ1) is 22.9. The lowest BCUT2D eigenvalue weighted by Gasteiger charge is -2.24. The average Bonchev–Trinajstić information content (AvgIpc) is 3.37. The molecule has 5 nitrogen and oxygen atoms in total. The first-order valence-electron chi connectivity index (χ1n) is 11.1. The quantitative estimate of drug-likeness (QED) is 0.339. The van der Waals surface area contributed by atoms with Gasteiger partial charge in [-0.25, -0.2) is 4.79 Å². The van der Waals surface area contributed by atoms with Crippen LogP contribution in [-0.4, -0.2) is 24.2 Å². The van der Waals surface area contributed by atoms with E-state index in [9.17, 15) is 9.90 Å². The highest BCUT2D eigenvalue weighted by Crippen LogP contribution is 2.43. The fourth-order valence-electron chi connectivity index (χ4n) is 4.09. The number of ether oxygens (including phenoxy) is 1. The first-order valence-corrected chi connectivity index (χ1v) is 14.6. The second-order valence-electron chi connectivity index (χ2n) is 9.27. The van der Waals surface area contributed by atoms with Crippen molar-refractivity contribution in [1.82, 2.24) is 4.90 Å². The fourth-order valence-corrected chi connectivity index (χ4v) is 5.55. The Morgan fingerprint density at radius 2 is 1.61 bits per heavy atom. The summed E-state index contributed by atoms with van der Waals surface area (Å²) < 4.78 is 11.5. The summed E-state index contributed by atoms with van der Waals surface area (Å²) in [6, 6.07) is 22.9. The Morgan fingerprint density at radius 1 is 1.00 bits per heavy atom. The van der Waals surface area contributed by atoms with Crippen molar-refractivity contribution in [2.75, 3.05) is 0 Å². The number of cyclic esters (lactones) is 1. The third-order valence-corrected chi connectivity index (χ3v) is 7.80. The minimum atomic E-state index is -2.01. The zero-order valence-electron chi connectivity index (χ0n) is 19.4. The lowest BCUT2D eigenvalue weighted by atomic mass is 9.96. The van der Waals surface area contributed by atoms with Crippen LogP contribution in [0.25, 0.3) is 0 Å². The van der Waals surface area contributed by atoms with Crippen LogP contribution in [0.4, 0.5) is 4.79 Å². The van der Waals surface area contributed by atoms with Gasteiger partial charge in [0.2, 0.25) is 0 Å². The third-order valence-electron chi connectivity index (χ3n) is 5.77. The number of hydrogen-bond acceptors (Lipinski definition) is 4. The second kappa shape index (κ2) is 9.28. The number of aliphatic hydroxyl groups is 1. The summed E-state index contributed by atoms with van der Waals surface area (Å²) in [6.07, 6.45) is -0.175. The number of carbonyl (C=O) groups excluding carboxylic acids is 1. The van der Waals surface area contributed by atoms with Crippen LogP contribution in [0.5, 0.6) is 0 Å². The summed E-state index contributed by atoms with van der Waals surface area (Å²) >= 11 is 0. The number of aryl methyl sites for hydroxylation is 1. The maximum Gasteiger partial charge on any atom is 0.415 e. The molecule has 0 aliphatic carbocycles. The normalized spacial score (nSPS) is 19.1. The van der Waals surface area contributed by atoms with Crippen molar-refractivity contribution in [3.63, 3.8) is 0 Å². The molecule has 170 valence electrons. The monoisotopic (exact) mass is 459 g/mol. The van der Waals surface area contributed by atoms with Gasteiger partial charge >= 0.3 is 6.09 Å². The molecule has 1 saturated heterocycles.